The number of carbonyl (C=O) groups is 2. The van der Waals surface area contributed by atoms with Crippen molar-refractivity contribution in [3.05, 3.63) is 53.4 Å². The highest BCUT2D eigenvalue weighted by Crippen LogP contribution is 2.30. The van der Waals surface area contributed by atoms with Crippen LogP contribution in [0.1, 0.15) is 48.8 Å². The predicted octanol–water partition coefficient (Wildman–Crippen LogP) is 5.84. The van der Waals surface area contributed by atoms with Gasteiger partial charge in [-0.15, -0.1) is 28.1 Å². The molecule has 2 aromatic heterocycles. The number of amides is 1. The zero-order valence-corrected chi connectivity index (χ0v) is 22.5. The Morgan fingerprint density at radius 3 is 2.64 bits per heavy atom. The van der Waals surface area contributed by atoms with Crippen LogP contribution in [0.25, 0.3) is 11.4 Å². The molecule has 1 amide bonds. The molecule has 0 bridgehead atoms. The van der Waals surface area contributed by atoms with Crippen LogP contribution in [0.2, 0.25) is 0 Å². The molecule has 0 aliphatic carbocycles. The summed E-state index contributed by atoms with van der Waals surface area (Å²) in [4.78, 5) is 26.0. The molecule has 36 heavy (non-hydrogen) atoms. The number of anilines is 1. The lowest BCUT2D eigenvalue weighted by Gasteiger charge is -2.09. The van der Waals surface area contributed by atoms with Gasteiger partial charge >= 0.3 is 5.97 Å². The maximum absolute atomic E-state index is 12.7. The first-order valence-corrected chi connectivity index (χ1v) is 13.8. The Hall–Kier alpha value is -3.11. The average molecular weight is 529 g/mol. The van der Waals surface area contributed by atoms with E-state index in [9.17, 15) is 9.59 Å². The van der Waals surface area contributed by atoms with E-state index in [-0.39, 0.29) is 18.3 Å². The van der Waals surface area contributed by atoms with Crippen molar-refractivity contribution < 1.29 is 19.1 Å². The third-order valence-electron chi connectivity index (χ3n) is 5.12. The zero-order chi connectivity index (χ0) is 25.9. The van der Waals surface area contributed by atoms with Crippen LogP contribution in [-0.4, -0.2) is 45.6 Å². The Bertz CT molecular complexity index is 1170. The molecular weight excluding hydrogens is 496 g/mol. The number of thiophene rings is 1. The minimum absolute atomic E-state index is 0.112. The second-order valence-electron chi connectivity index (χ2n) is 7.80. The summed E-state index contributed by atoms with van der Waals surface area (Å²) in [6, 6.07) is 9.52. The number of thioether (sulfide) groups is 1. The quantitative estimate of drug-likeness (QED) is 0.121. The third-order valence-corrected chi connectivity index (χ3v) is 7.28. The molecule has 10 heteroatoms. The molecule has 0 unspecified atom stereocenters. The Kier molecular flexibility index (Phi) is 10.6. The van der Waals surface area contributed by atoms with E-state index in [1.165, 1.54) is 23.1 Å². The minimum Gasteiger partial charge on any atom is -0.494 e. The smallest absolute Gasteiger partial charge is 0.341 e. The van der Waals surface area contributed by atoms with Crippen LogP contribution in [0.3, 0.4) is 0 Å². The molecule has 0 saturated heterocycles. The van der Waals surface area contributed by atoms with Crippen molar-refractivity contribution in [3.8, 4) is 17.1 Å². The standard InChI is InChI=1S/C26H32N4O4S2/c1-5-9-15-34-19-12-10-18(11-13-19)23-28-29-26(30(23)14-6-2)35-17-22(31)27-24-21(25(32)33-8-4)16-20(7-3)36-24/h6,10-13,16H,2,5,7-9,14-15,17H2,1,3-4H3,(H,27,31). The molecule has 0 saturated carbocycles. The van der Waals surface area contributed by atoms with Gasteiger partial charge in [0.15, 0.2) is 11.0 Å². The SMILES string of the molecule is C=CCn1c(SCC(=O)Nc2sc(CC)cc2C(=O)OCC)nnc1-c1ccc(OCCCC)cc1. The Balaban J connectivity index is 1.69. The minimum atomic E-state index is -0.437. The van der Waals surface area contributed by atoms with E-state index in [0.29, 0.717) is 34.7 Å². The number of nitrogens with one attached hydrogen (secondary N) is 1. The van der Waals surface area contributed by atoms with E-state index < -0.39 is 5.97 Å². The second-order valence-corrected chi connectivity index (χ2v) is 9.88. The van der Waals surface area contributed by atoms with Crippen LogP contribution >= 0.6 is 23.1 Å². The van der Waals surface area contributed by atoms with Crippen molar-refractivity contribution in [1.82, 2.24) is 14.8 Å². The number of hydrogen-bond acceptors (Lipinski definition) is 8. The summed E-state index contributed by atoms with van der Waals surface area (Å²) in [7, 11) is 0. The normalized spacial score (nSPS) is 10.8. The first-order chi connectivity index (χ1) is 17.5. The number of aryl methyl sites for hydroxylation is 1. The van der Waals surface area contributed by atoms with E-state index in [2.05, 4.69) is 29.0 Å². The number of hydrogen-bond donors (Lipinski definition) is 1. The largest absolute Gasteiger partial charge is 0.494 e. The summed E-state index contributed by atoms with van der Waals surface area (Å²) in [6.45, 7) is 11.2. The van der Waals surface area contributed by atoms with Crippen LogP contribution in [0.4, 0.5) is 5.00 Å². The van der Waals surface area contributed by atoms with E-state index in [1.807, 2.05) is 35.8 Å². The molecule has 0 radical (unpaired) electrons. The molecular formula is C26H32N4O4S2. The molecule has 0 atom stereocenters. The van der Waals surface area contributed by atoms with Gasteiger partial charge in [-0.2, -0.15) is 0 Å². The number of ether oxygens (including phenoxy) is 2. The maximum atomic E-state index is 12.7. The molecule has 192 valence electrons. The summed E-state index contributed by atoms with van der Waals surface area (Å²) >= 11 is 2.66. The van der Waals surface area contributed by atoms with Gasteiger partial charge in [-0.25, -0.2) is 4.79 Å². The van der Waals surface area contributed by atoms with E-state index >= 15 is 0 Å². The van der Waals surface area contributed by atoms with Crippen molar-refractivity contribution in [2.45, 2.75) is 51.7 Å². The van der Waals surface area contributed by atoms with E-state index in [1.54, 1.807) is 19.1 Å². The first-order valence-electron chi connectivity index (χ1n) is 12.0. The fourth-order valence-corrected chi connectivity index (χ4v) is 5.05. The van der Waals surface area contributed by atoms with Gasteiger partial charge in [-0.1, -0.05) is 38.1 Å². The molecule has 2 heterocycles. The summed E-state index contributed by atoms with van der Waals surface area (Å²) in [5, 5.41) is 12.6. The molecule has 0 fully saturated rings. The van der Waals surface area contributed by atoms with Gasteiger partial charge in [-0.3, -0.25) is 9.36 Å². The van der Waals surface area contributed by atoms with Crippen molar-refractivity contribution in [1.29, 1.82) is 0 Å². The summed E-state index contributed by atoms with van der Waals surface area (Å²) < 4.78 is 12.8. The zero-order valence-electron chi connectivity index (χ0n) is 20.9. The topological polar surface area (TPSA) is 95.3 Å². The average Bonchev–Trinajstić information content (AvgIpc) is 3.48. The molecule has 1 aromatic carbocycles. The van der Waals surface area contributed by atoms with Gasteiger partial charge < -0.3 is 14.8 Å². The number of rotatable bonds is 14. The number of esters is 1. The Morgan fingerprint density at radius 2 is 1.97 bits per heavy atom. The maximum Gasteiger partial charge on any atom is 0.341 e. The summed E-state index contributed by atoms with van der Waals surface area (Å²) in [5.41, 5.74) is 1.28. The van der Waals surface area contributed by atoms with Gasteiger partial charge in [-0.05, 0) is 50.1 Å². The number of carbonyl (C=O) groups excluding carboxylic acids is 2. The number of nitrogens with zero attached hydrogens (tertiary/aromatic N) is 3. The number of unbranched alkanes of at least 4 members (excludes halogenated alkanes) is 1. The highest BCUT2D eigenvalue weighted by Gasteiger charge is 2.20. The van der Waals surface area contributed by atoms with Crippen molar-refractivity contribution >= 4 is 40.0 Å². The monoisotopic (exact) mass is 528 g/mol. The summed E-state index contributed by atoms with van der Waals surface area (Å²) in [6.07, 6.45) is 4.63. The molecule has 8 nitrogen and oxygen atoms in total. The van der Waals surface area contributed by atoms with Crippen LogP contribution in [0.15, 0.2) is 48.1 Å². The third kappa shape index (κ3) is 7.20. The van der Waals surface area contributed by atoms with Crippen molar-refractivity contribution in [3.63, 3.8) is 0 Å². The van der Waals surface area contributed by atoms with Crippen LogP contribution in [-0.2, 0) is 22.5 Å². The Morgan fingerprint density at radius 1 is 1.19 bits per heavy atom. The fraction of sp³-hybridized carbons (Fsp3) is 0.385. The van der Waals surface area contributed by atoms with Gasteiger partial charge in [0.05, 0.1) is 24.5 Å². The van der Waals surface area contributed by atoms with Crippen LogP contribution in [0, 0.1) is 0 Å². The lowest BCUT2D eigenvalue weighted by molar-refractivity contribution is -0.113. The lowest BCUT2D eigenvalue weighted by atomic mass is 10.2. The van der Waals surface area contributed by atoms with Gasteiger partial charge in [0.25, 0.3) is 0 Å². The predicted molar refractivity (Wildman–Crippen MR) is 145 cm³/mol. The lowest BCUT2D eigenvalue weighted by Crippen LogP contribution is -2.16. The van der Waals surface area contributed by atoms with Crippen LogP contribution < -0.4 is 10.1 Å². The number of benzene rings is 1. The van der Waals surface area contributed by atoms with Crippen LogP contribution in [0.5, 0.6) is 5.75 Å². The molecule has 0 spiro atoms. The van der Waals surface area contributed by atoms with E-state index in [4.69, 9.17) is 9.47 Å². The van der Waals surface area contributed by atoms with Gasteiger partial charge in [0.1, 0.15) is 10.8 Å². The second kappa shape index (κ2) is 13.8. The van der Waals surface area contributed by atoms with Crippen molar-refractivity contribution in [2.24, 2.45) is 0 Å². The van der Waals surface area contributed by atoms with Gasteiger partial charge in [0, 0.05) is 17.0 Å². The Labute approximate surface area is 220 Å². The first kappa shape index (κ1) is 27.5. The molecule has 3 rings (SSSR count). The number of allylic oxidation sites excluding steroid dienone is 1. The summed E-state index contributed by atoms with van der Waals surface area (Å²) in [5.74, 6) is 0.941. The van der Waals surface area contributed by atoms with E-state index in [0.717, 1.165) is 35.5 Å². The van der Waals surface area contributed by atoms with Gasteiger partial charge in [0.2, 0.25) is 5.91 Å². The molecule has 1 N–H and O–H groups in total. The molecule has 0 aliphatic heterocycles. The number of aromatic nitrogens is 3. The highest BCUT2D eigenvalue weighted by molar-refractivity contribution is 7.99. The molecule has 3 aromatic rings. The molecule has 0 aliphatic rings. The highest BCUT2D eigenvalue weighted by atomic mass is 32.2. The van der Waals surface area contributed by atoms with Crippen molar-refractivity contribution in [2.75, 3.05) is 24.3 Å². The fourth-order valence-electron chi connectivity index (χ4n) is 3.30.